The first-order chi connectivity index (χ1) is 9.66. The van der Waals surface area contributed by atoms with Gasteiger partial charge in [0.2, 0.25) is 5.88 Å². The molecule has 0 bridgehead atoms. The Morgan fingerprint density at radius 1 is 1.30 bits per heavy atom. The summed E-state index contributed by atoms with van der Waals surface area (Å²) < 4.78 is 6.55. The van der Waals surface area contributed by atoms with Crippen LogP contribution in [0.4, 0.5) is 5.88 Å². The minimum atomic E-state index is -0.124. The van der Waals surface area contributed by atoms with Crippen LogP contribution in [0, 0.1) is 0 Å². The number of pyridine rings is 2. The molecule has 0 aliphatic rings. The number of nitrogens with two attached hydrogens (primary N) is 1. The number of aryl methyl sites for hydroxylation is 1. The monoisotopic (exact) mass is 268 g/mol. The summed E-state index contributed by atoms with van der Waals surface area (Å²) in [6, 6.07) is 6.95. The molecule has 0 aromatic carbocycles. The molecular formula is C14H12N4O2. The van der Waals surface area contributed by atoms with E-state index in [2.05, 4.69) is 10.1 Å². The lowest BCUT2D eigenvalue weighted by Crippen LogP contribution is -2.14. The van der Waals surface area contributed by atoms with Crippen molar-refractivity contribution < 1.29 is 4.52 Å². The Morgan fingerprint density at radius 3 is 2.85 bits per heavy atom. The molecule has 0 atom stereocenters. The molecule has 0 fully saturated rings. The fourth-order valence-electron chi connectivity index (χ4n) is 1.99. The van der Waals surface area contributed by atoms with E-state index in [0.29, 0.717) is 16.8 Å². The molecular weight excluding hydrogens is 256 g/mol. The quantitative estimate of drug-likeness (QED) is 0.764. The largest absolute Gasteiger partial charge is 0.367 e. The summed E-state index contributed by atoms with van der Waals surface area (Å²) in [6.45, 7) is 0. The lowest BCUT2D eigenvalue weighted by Gasteiger charge is -2.03. The number of hydrogen-bond acceptors (Lipinski definition) is 5. The fraction of sp³-hybridized carbons (Fsp3) is 0.0714. The molecule has 0 radical (unpaired) electrons. The molecule has 3 heterocycles. The molecule has 20 heavy (non-hydrogen) atoms. The number of nitrogens with zero attached hydrogens (tertiary/aromatic N) is 3. The van der Waals surface area contributed by atoms with Crippen LogP contribution in [0.25, 0.3) is 22.4 Å². The first kappa shape index (κ1) is 12.2. The average Bonchev–Trinajstić information content (AvgIpc) is 2.85. The maximum atomic E-state index is 11.7. The summed E-state index contributed by atoms with van der Waals surface area (Å²) in [4.78, 5) is 15.8. The van der Waals surface area contributed by atoms with Gasteiger partial charge in [-0.15, -0.1) is 0 Å². The molecule has 100 valence electrons. The van der Waals surface area contributed by atoms with Gasteiger partial charge in [0.1, 0.15) is 5.69 Å². The highest BCUT2D eigenvalue weighted by Crippen LogP contribution is 2.34. The summed E-state index contributed by atoms with van der Waals surface area (Å²) in [5, 5.41) is 3.96. The minimum absolute atomic E-state index is 0.124. The van der Waals surface area contributed by atoms with E-state index in [0.717, 1.165) is 5.56 Å². The minimum Gasteiger partial charge on any atom is -0.367 e. The zero-order valence-corrected chi connectivity index (χ0v) is 10.8. The number of anilines is 1. The number of rotatable bonds is 2. The van der Waals surface area contributed by atoms with Gasteiger partial charge in [0.05, 0.1) is 5.56 Å². The van der Waals surface area contributed by atoms with Gasteiger partial charge in [0.15, 0.2) is 0 Å². The average molecular weight is 268 g/mol. The predicted molar refractivity (Wildman–Crippen MR) is 74.8 cm³/mol. The molecule has 3 rings (SSSR count). The van der Waals surface area contributed by atoms with E-state index in [1.54, 1.807) is 37.8 Å². The Hall–Kier alpha value is -2.89. The maximum Gasteiger partial charge on any atom is 0.250 e. The van der Waals surface area contributed by atoms with Crippen molar-refractivity contribution in [2.45, 2.75) is 0 Å². The summed E-state index contributed by atoms with van der Waals surface area (Å²) in [6.07, 6.45) is 5.02. The normalized spacial score (nSPS) is 10.7. The van der Waals surface area contributed by atoms with Crippen molar-refractivity contribution in [2.24, 2.45) is 7.05 Å². The lowest BCUT2D eigenvalue weighted by atomic mass is 10.0. The Labute approximate surface area is 114 Å². The summed E-state index contributed by atoms with van der Waals surface area (Å²) in [7, 11) is 1.69. The lowest BCUT2D eigenvalue weighted by molar-refractivity contribution is 0.439. The van der Waals surface area contributed by atoms with Gasteiger partial charge >= 0.3 is 0 Å². The van der Waals surface area contributed by atoms with Crippen molar-refractivity contribution in [3.05, 3.63) is 53.2 Å². The van der Waals surface area contributed by atoms with Crippen LogP contribution in [0.5, 0.6) is 0 Å². The number of nitrogen functional groups attached to an aromatic ring is 1. The van der Waals surface area contributed by atoms with Crippen LogP contribution in [0.15, 0.2) is 52.2 Å². The summed E-state index contributed by atoms with van der Waals surface area (Å²) >= 11 is 0. The highest BCUT2D eigenvalue weighted by molar-refractivity contribution is 5.86. The van der Waals surface area contributed by atoms with Gasteiger partial charge in [0.25, 0.3) is 5.56 Å². The molecule has 0 saturated carbocycles. The van der Waals surface area contributed by atoms with Gasteiger partial charge < -0.3 is 14.8 Å². The Bertz CT molecular complexity index is 806. The maximum absolute atomic E-state index is 11.7. The predicted octanol–water partition coefficient (Wildman–Crippen LogP) is 1.68. The van der Waals surface area contributed by atoms with Crippen LogP contribution in [-0.2, 0) is 7.05 Å². The van der Waals surface area contributed by atoms with E-state index >= 15 is 0 Å². The zero-order valence-electron chi connectivity index (χ0n) is 10.8. The van der Waals surface area contributed by atoms with Crippen LogP contribution in [0.3, 0.4) is 0 Å². The van der Waals surface area contributed by atoms with Crippen LogP contribution < -0.4 is 11.3 Å². The smallest absolute Gasteiger partial charge is 0.250 e. The van der Waals surface area contributed by atoms with Crippen LogP contribution in [0.1, 0.15) is 0 Å². The van der Waals surface area contributed by atoms with Crippen molar-refractivity contribution in [2.75, 3.05) is 5.73 Å². The van der Waals surface area contributed by atoms with Crippen LogP contribution >= 0.6 is 0 Å². The zero-order chi connectivity index (χ0) is 14.1. The van der Waals surface area contributed by atoms with E-state index in [1.807, 2.05) is 6.07 Å². The topological polar surface area (TPSA) is 86.9 Å². The van der Waals surface area contributed by atoms with E-state index in [1.165, 1.54) is 10.6 Å². The Morgan fingerprint density at radius 2 is 2.15 bits per heavy atom. The molecule has 6 heteroatoms. The second-order valence-electron chi connectivity index (χ2n) is 4.38. The van der Waals surface area contributed by atoms with Crippen molar-refractivity contribution in [1.29, 1.82) is 0 Å². The van der Waals surface area contributed by atoms with Crippen molar-refractivity contribution >= 4 is 5.88 Å². The van der Waals surface area contributed by atoms with E-state index in [9.17, 15) is 4.79 Å². The second kappa shape index (κ2) is 4.65. The molecule has 3 aromatic rings. The van der Waals surface area contributed by atoms with Gasteiger partial charge in [-0.05, 0) is 12.1 Å². The van der Waals surface area contributed by atoms with Gasteiger partial charge in [-0.3, -0.25) is 9.78 Å². The van der Waals surface area contributed by atoms with E-state index in [4.69, 9.17) is 10.3 Å². The SMILES string of the molecule is Cn1ccc(-c2noc(N)c2-c2cccnc2)cc1=O. The second-order valence-corrected chi connectivity index (χ2v) is 4.38. The van der Waals surface area contributed by atoms with Gasteiger partial charge in [0, 0.05) is 42.8 Å². The highest BCUT2D eigenvalue weighted by atomic mass is 16.5. The molecule has 3 aromatic heterocycles. The molecule has 0 aliphatic heterocycles. The molecule has 0 spiro atoms. The number of hydrogen-bond donors (Lipinski definition) is 1. The highest BCUT2D eigenvalue weighted by Gasteiger charge is 2.17. The Kier molecular flexibility index (Phi) is 2.83. The molecule has 2 N–H and O–H groups in total. The van der Waals surface area contributed by atoms with Gasteiger partial charge in [-0.2, -0.15) is 0 Å². The molecule has 0 unspecified atom stereocenters. The summed E-state index contributed by atoms with van der Waals surface area (Å²) in [5.41, 5.74) is 8.35. The fourth-order valence-corrected chi connectivity index (χ4v) is 1.99. The molecule has 6 nitrogen and oxygen atoms in total. The van der Waals surface area contributed by atoms with Crippen LogP contribution in [-0.4, -0.2) is 14.7 Å². The molecule has 0 amide bonds. The van der Waals surface area contributed by atoms with Crippen molar-refractivity contribution in [3.63, 3.8) is 0 Å². The molecule has 0 aliphatic carbocycles. The molecule has 0 saturated heterocycles. The first-order valence-corrected chi connectivity index (χ1v) is 5.99. The van der Waals surface area contributed by atoms with Crippen molar-refractivity contribution in [1.82, 2.24) is 14.7 Å². The van der Waals surface area contributed by atoms with Crippen molar-refractivity contribution in [3.8, 4) is 22.4 Å². The van der Waals surface area contributed by atoms with Gasteiger partial charge in [-0.1, -0.05) is 11.2 Å². The van der Waals surface area contributed by atoms with Crippen LogP contribution in [0.2, 0.25) is 0 Å². The third kappa shape index (κ3) is 1.97. The third-order valence-electron chi connectivity index (χ3n) is 3.05. The third-order valence-corrected chi connectivity index (χ3v) is 3.05. The van der Waals surface area contributed by atoms with E-state index < -0.39 is 0 Å². The first-order valence-electron chi connectivity index (χ1n) is 5.99. The van der Waals surface area contributed by atoms with Gasteiger partial charge in [-0.25, -0.2) is 0 Å². The number of aromatic nitrogens is 3. The van der Waals surface area contributed by atoms with E-state index in [-0.39, 0.29) is 11.4 Å². The standard InChI is InChI=1S/C14H12N4O2/c1-18-6-4-9(7-11(18)19)13-12(14(15)20-17-13)10-3-2-5-16-8-10/h2-8H,15H2,1H3. The summed E-state index contributed by atoms with van der Waals surface area (Å²) in [5.74, 6) is 0.202. The Balaban J connectivity index is 2.21.